The van der Waals surface area contributed by atoms with Gasteiger partial charge in [-0.05, 0) is 18.3 Å². The molecule has 0 aromatic rings. The number of nitrogens with zero attached hydrogens (tertiary/aromatic N) is 1. The zero-order valence-corrected chi connectivity index (χ0v) is 8.81. The van der Waals surface area contributed by atoms with E-state index in [1.54, 1.807) is 0 Å². The minimum atomic E-state index is -0.243. The molecule has 0 aromatic carbocycles. The lowest BCUT2D eigenvalue weighted by Gasteiger charge is -2.39. The van der Waals surface area contributed by atoms with Gasteiger partial charge in [0.1, 0.15) is 5.76 Å². The first-order chi connectivity index (χ1) is 5.78. The SMILES string of the molecule is CC1(C)CC(C#N)=C(O)C(C)(C)C1. The molecule has 0 radical (unpaired) electrons. The molecule has 72 valence electrons. The standard InChI is InChI=1S/C11H17NO/c1-10(2)5-8(6-12)9(13)11(3,4)7-10/h13H,5,7H2,1-4H3. The highest BCUT2D eigenvalue weighted by Crippen LogP contribution is 2.47. The van der Waals surface area contributed by atoms with E-state index in [1.807, 2.05) is 13.8 Å². The first-order valence-electron chi connectivity index (χ1n) is 4.61. The van der Waals surface area contributed by atoms with Crippen LogP contribution in [-0.2, 0) is 0 Å². The molecule has 1 aliphatic rings. The van der Waals surface area contributed by atoms with E-state index in [0.29, 0.717) is 12.0 Å². The van der Waals surface area contributed by atoms with E-state index in [-0.39, 0.29) is 16.6 Å². The highest BCUT2D eigenvalue weighted by atomic mass is 16.3. The Morgan fingerprint density at radius 1 is 1.31 bits per heavy atom. The van der Waals surface area contributed by atoms with Crippen LogP contribution < -0.4 is 0 Å². The van der Waals surface area contributed by atoms with Crippen LogP contribution in [0.2, 0.25) is 0 Å². The molecule has 0 aromatic heterocycles. The molecule has 0 bridgehead atoms. The summed E-state index contributed by atoms with van der Waals surface area (Å²) in [5, 5.41) is 18.6. The molecular weight excluding hydrogens is 162 g/mol. The fourth-order valence-corrected chi connectivity index (χ4v) is 2.41. The van der Waals surface area contributed by atoms with Crippen LogP contribution in [0.4, 0.5) is 0 Å². The fourth-order valence-electron chi connectivity index (χ4n) is 2.41. The number of aliphatic hydroxyl groups is 1. The van der Waals surface area contributed by atoms with Gasteiger partial charge in [0, 0.05) is 5.41 Å². The number of aliphatic hydroxyl groups excluding tert-OH is 1. The van der Waals surface area contributed by atoms with Crippen LogP contribution in [0.5, 0.6) is 0 Å². The molecule has 1 rings (SSSR count). The van der Waals surface area contributed by atoms with Gasteiger partial charge in [0.05, 0.1) is 11.6 Å². The van der Waals surface area contributed by atoms with Crippen LogP contribution >= 0.6 is 0 Å². The van der Waals surface area contributed by atoms with Crippen molar-refractivity contribution in [2.75, 3.05) is 0 Å². The van der Waals surface area contributed by atoms with Crippen LogP contribution in [-0.4, -0.2) is 5.11 Å². The van der Waals surface area contributed by atoms with Crippen molar-refractivity contribution < 1.29 is 5.11 Å². The molecule has 0 saturated heterocycles. The lowest BCUT2D eigenvalue weighted by molar-refractivity contribution is 0.139. The molecule has 0 heterocycles. The minimum absolute atomic E-state index is 0.126. The maximum absolute atomic E-state index is 9.79. The van der Waals surface area contributed by atoms with Gasteiger partial charge in [-0.2, -0.15) is 5.26 Å². The summed E-state index contributed by atoms with van der Waals surface area (Å²) in [4.78, 5) is 0. The van der Waals surface area contributed by atoms with Crippen molar-refractivity contribution in [1.82, 2.24) is 0 Å². The lowest BCUT2D eigenvalue weighted by Crippen LogP contribution is -2.31. The van der Waals surface area contributed by atoms with Crippen molar-refractivity contribution >= 4 is 0 Å². The van der Waals surface area contributed by atoms with Crippen LogP contribution in [0.1, 0.15) is 40.5 Å². The summed E-state index contributed by atoms with van der Waals surface area (Å²) in [6, 6.07) is 2.09. The van der Waals surface area contributed by atoms with Crippen LogP contribution in [0.15, 0.2) is 11.3 Å². The highest BCUT2D eigenvalue weighted by molar-refractivity contribution is 5.31. The fraction of sp³-hybridized carbons (Fsp3) is 0.727. The van der Waals surface area contributed by atoms with Crippen molar-refractivity contribution in [3.05, 3.63) is 11.3 Å². The van der Waals surface area contributed by atoms with Gasteiger partial charge in [0.25, 0.3) is 0 Å². The molecule has 2 heteroatoms. The predicted octanol–water partition coefficient (Wildman–Crippen LogP) is 3.17. The molecule has 2 nitrogen and oxygen atoms in total. The van der Waals surface area contributed by atoms with E-state index < -0.39 is 0 Å². The Labute approximate surface area is 79.9 Å². The normalized spacial score (nSPS) is 25.5. The van der Waals surface area contributed by atoms with Gasteiger partial charge in [0.2, 0.25) is 0 Å². The molecule has 13 heavy (non-hydrogen) atoms. The molecule has 1 N–H and O–H groups in total. The number of nitriles is 1. The lowest BCUT2D eigenvalue weighted by atomic mass is 9.66. The largest absolute Gasteiger partial charge is 0.511 e. The van der Waals surface area contributed by atoms with Gasteiger partial charge >= 0.3 is 0 Å². The summed E-state index contributed by atoms with van der Waals surface area (Å²) in [5.74, 6) is 0.286. The second-order valence-electron chi connectivity index (χ2n) is 5.34. The van der Waals surface area contributed by atoms with Crippen molar-refractivity contribution in [2.45, 2.75) is 40.5 Å². The third-order valence-corrected chi connectivity index (χ3v) is 2.64. The van der Waals surface area contributed by atoms with Gasteiger partial charge < -0.3 is 5.11 Å². The van der Waals surface area contributed by atoms with Gasteiger partial charge in [-0.15, -0.1) is 0 Å². The minimum Gasteiger partial charge on any atom is -0.511 e. The maximum Gasteiger partial charge on any atom is 0.111 e. The first kappa shape index (κ1) is 10.1. The summed E-state index contributed by atoms with van der Waals surface area (Å²) in [6.07, 6.45) is 1.62. The van der Waals surface area contributed by atoms with Crippen LogP contribution in [0.3, 0.4) is 0 Å². The van der Waals surface area contributed by atoms with E-state index in [9.17, 15) is 5.11 Å². The monoisotopic (exact) mass is 179 g/mol. The van der Waals surface area contributed by atoms with Crippen molar-refractivity contribution in [2.24, 2.45) is 10.8 Å². The Morgan fingerprint density at radius 3 is 2.31 bits per heavy atom. The van der Waals surface area contributed by atoms with E-state index in [4.69, 9.17) is 5.26 Å². The molecule has 0 unspecified atom stereocenters. The van der Waals surface area contributed by atoms with Crippen molar-refractivity contribution in [3.63, 3.8) is 0 Å². The molecule has 0 fully saturated rings. The maximum atomic E-state index is 9.79. The molecule has 0 spiro atoms. The number of allylic oxidation sites excluding steroid dienone is 2. The summed E-state index contributed by atoms with van der Waals surface area (Å²) in [6.45, 7) is 8.25. The molecular formula is C11H17NO. The Bertz CT molecular complexity index is 292. The third-order valence-electron chi connectivity index (χ3n) is 2.64. The Hall–Kier alpha value is -0.970. The van der Waals surface area contributed by atoms with E-state index >= 15 is 0 Å². The average Bonchev–Trinajstić information content (AvgIpc) is 1.95. The van der Waals surface area contributed by atoms with Gasteiger partial charge in [0.15, 0.2) is 0 Å². The first-order valence-corrected chi connectivity index (χ1v) is 4.61. The van der Waals surface area contributed by atoms with E-state index in [2.05, 4.69) is 19.9 Å². The summed E-state index contributed by atoms with van der Waals surface area (Å²) < 4.78 is 0. The highest BCUT2D eigenvalue weighted by Gasteiger charge is 2.39. The molecule has 0 saturated carbocycles. The molecule has 1 aliphatic carbocycles. The zero-order valence-electron chi connectivity index (χ0n) is 8.81. The Morgan fingerprint density at radius 2 is 1.85 bits per heavy atom. The summed E-state index contributed by atoms with van der Waals surface area (Å²) in [7, 11) is 0. The Balaban J connectivity index is 3.14. The van der Waals surface area contributed by atoms with Crippen molar-refractivity contribution in [3.8, 4) is 6.07 Å². The number of hydrogen-bond donors (Lipinski definition) is 1. The molecule has 0 aliphatic heterocycles. The van der Waals surface area contributed by atoms with Crippen LogP contribution in [0.25, 0.3) is 0 Å². The van der Waals surface area contributed by atoms with Gasteiger partial charge in [-0.3, -0.25) is 0 Å². The second-order valence-corrected chi connectivity index (χ2v) is 5.34. The van der Waals surface area contributed by atoms with Crippen molar-refractivity contribution in [1.29, 1.82) is 5.26 Å². The topological polar surface area (TPSA) is 44.0 Å². The third kappa shape index (κ3) is 1.85. The predicted molar refractivity (Wildman–Crippen MR) is 52.1 cm³/mol. The quantitative estimate of drug-likeness (QED) is 0.620. The summed E-state index contributed by atoms with van der Waals surface area (Å²) in [5.41, 5.74) is 0.439. The zero-order chi connectivity index (χ0) is 10.3. The summed E-state index contributed by atoms with van der Waals surface area (Å²) >= 11 is 0. The van der Waals surface area contributed by atoms with Gasteiger partial charge in [-0.25, -0.2) is 0 Å². The average molecular weight is 179 g/mol. The number of hydrogen-bond acceptors (Lipinski definition) is 2. The number of rotatable bonds is 0. The Kier molecular flexibility index (Phi) is 2.15. The molecule has 0 amide bonds. The molecule has 0 atom stereocenters. The van der Waals surface area contributed by atoms with E-state index in [1.165, 1.54) is 0 Å². The van der Waals surface area contributed by atoms with Crippen LogP contribution in [0, 0.1) is 22.2 Å². The van der Waals surface area contributed by atoms with Gasteiger partial charge in [-0.1, -0.05) is 27.7 Å². The van der Waals surface area contributed by atoms with E-state index in [0.717, 1.165) is 6.42 Å². The smallest absolute Gasteiger partial charge is 0.111 e. The second kappa shape index (κ2) is 2.77.